The van der Waals surface area contributed by atoms with Crippen LogP contribution < -0.4 is 10.5 Å². The zero-order valence-electron chi connectivity index (χ0n) is 9.13. The van der Waals surface area contributed by atoms with Crippen LogP contribution in [0.5, 0.6) is 5.75 Å². The van der Waals surface area contributed by atoms with Crippen molar-refractivity contribution in [3.8, 4) is 11.4 Å². The monoisotopic (exact) mass is 218 g/mol. The van der Waals surface area contributed by atoms with Gasteiger partial charge in [-0.1, -0.05) is 6.07 Å². The van der Waals surface area contributed by atoms with Gasteiger partial charge in [0.1, 0.15) is 11.4 Å². The van der Waals surface area contributed by atoms with Gasteiger partial charge in [-0.25, -0.2) is 0 Å². The zero-order valence-corrected chi connectivity index (χ0v) is 9.13. The fraction of sp³-hybridized carbons (Fsp3) is 0.273. The third kappa shape index (κ3) is 2.04. The summed E-state index contributed by atoms with van der Waals surface area (Å²) < 4.78 is 5.31. The molecule has 0 aliphatic heterocycles. The summed E-state index contributed by atoms with van der Waals surface area (Å²) in [6, 6.07) is 5.91. The van der Waals surface area contributed by atoms with Crippen LogP contribution >= 0.6 is 0 Å². The van der Waals surface area contributed by atoms with Gasteiger partial charge in [0, 0.05) is 0 Å². The van der Waals surface area contributed by atoms with Crippen LogP contribution in [0.4, 0.5) is 0 Å². The molecule has 0 unspecified atom stereocenters. The van der Waals surface area contributed by atoms with Crippen LogP contribution in [0.15, 0.2) is 30.6 Å². The average Bonchev–Trinajstić information content (AvgIpc) is 2.83. The number of aromatic nitrogens is 3. The Morgan fingerprint density at radius 2 is 2.06 bits per heavy atom. The summed E-state index contributed by atoms with van der Waals surface area (Å²) in [6.07, 6.45) is 4.10. The van der Waals surface area contributed by atoms with E-state index in [4.69, 9.17) is 10.5 Å². The van der Waals surface area contributed by atoms with Gasteiger partial charge in [0.15, 0.2) is 0 Å². The summed E-state index contributed by atoms with van der Waals surface area (Å²) in [5.41, 5.74) is 7.49. The highest BCUT2D eigenvalue weighted by molar-refractivity contribution is 5.47. The normalized spacial score (nSPS) is 10.4. The lowest BCUT2D eigenvalue weighted by Crippen LogP contribution is -2.05. The third-order valence-electron chi connectivity index (χ3n) is 2.31. The molecule has 0 saturated carbocycles. The fourth-order valence-corrected chi connectivity index (χ4v) is 1.55. The van der Waals surface area contributed by atoms with Crippen LogP contribution in [0.3, 0.4) is 0 Å². The summed E-state index contributed by atoms with van der Waals surface area (Å²) in [5, 5.41) is 8.14. The van der Waals surface area contributed by atoms with Crippen molar-refractivity contribution in [2.45, 2.75) is 6.42 Å². The molecule has 0 bridgehead atoms. The molecule has 5 heteroatoms. The molecule has 5 nitrogen and oxygen atoms in total. The molecule has 1 heterocycles. The number of nitrogens with two attached hydrogens (primary N) is 1. The van der Waals surface area contributed by atoms with Crippen LogP contribution in [-0.4, -0.2) is 28.6 Å². The molecule has 1 aromatic carbocycles. The van der Waals surface area contributed by atoms with E-state index >= 15 is 0 Å². The van der Waals surface area contributed by atoms with Gasteiger partial charge in [-0.15, -0.1) is 4.80 Å². The fourth-order valence-electron chi connectivity index (χ4n) is 1.55. The quantitative estimate of drug-likeness (QED) is 0.823. The maximum atomic E-state index is 5.51. The number of hydrogen-bond donors (Lipinski definition) is 1. The van der Waals surface area contributed by atoms with Crippen molar-refractivity contribution in [2.24, 2.45) is 5.73 Å². The van der Waals surface area contributed by atoms with Gasteiger partial charge in [0.25, 0.3) is 0 Å². The molecule has 0 amide bonds. The van der Waals surface area contributed by atoms with E-state index in [2.05, 4.69) is 10.2 Å². The molecule has 0 spiro atoms. The molecule has 84 valence electrons. The van der Waals surface area contributed by atoms with Crippen molar-refractivity contribution in [3.63, 3.8) is 0 Å². The SMILES string of the molecule is COc1cc(CCN)ccc1-n1nccn1. The number of benzene rings is 1. The smallest absolute Gasteiger partial charge is 0.146 e. The Kier molecular flexibility index (Phi) is 3.16. The standard InChI is InChI=1S/C11H14N4O/c1-16-11-8-9(4-5-12)2-3-10(11)15-13-6-7-14-15/h2-3,6-8H,4-5,12H2,1H3. The second-order valence-corrected chi connectivity index (χ2v) is 3.36. The van der Waals surface area contributed by atoms with E-state index in [0.29, 0.717) is 6.54 Å². The van der Waals surface area contributed by atoms with E-state index in [1.165, 1.54) is 4.80 Å². The number of hydrogen-bond acceptors (Lipinski definition) is 4. The Labute approximate surface area is 93.8 Å². The first kappa shape index (κ1) is 10.6. The van der Waals surface area contributed by atoms with Gasteiger partial charge in [0.05, 0.1) is 19.5 Å². The molecule has 0 fully saturated rings. The van der Waals surface area contributed by atoms with E-state index in [1.54, 1.807) is 19.5 Å². The van der Waals surface area contributed by atoms with Crippen LogP contribution in [0, 0.1) is 0 Å². The number of methoxy groups -OCH3 is 1. The summed E-state index contributed by atoms with van der Waals surface area (Å²) in [7, 11) is 1.63. The molecule has 0 radical (unpaired) electrons. The Morgan fingerprint density at radius 3 is 2.69 bits per heavy atom. The van der Waals surface area contributed by atoms with E-state index in [1.807, 2.05) is 18.2 Å². The third-order valence-corrected chi connectivity index (χ3v) is 2.31. The highest BCUT2D eigenvalue weighted by Crippen LogP contribution is 2.22. The van der Waals surface area contributed by atoms with Crippen molar-refractivity contribution in [3.05, 3.63) is 36.2 Å². The van der Waals surface area contributed by atoms with Crippen LogP contribution in [-0.2, 0) is 6.42 Å². The second-order valence-electron chi connectivity index (χ2n) is 3.36. The molecule has 2 aromatic rings. The lowest BCUT2D eigenvalue weighted by atomic mass is 10.1. The Hall–Kier alpha value is -1.88. The van der Waals surface area contributed by atoms with Crippen molar-refractivity contribution in [1.82, 2.24) is 15.0 Å². The summed E-state index contributed by atoms with van der Waals surface area (Å²) in [6.45, 7) is 0.628. The van der Waals surface area contributed by atoms with Crippen LogP contribution in [0.25, 0.3) is 5.69 Å². The first-order chi connectivity index (χ1) is 7.85. The predicted molar refractivity (Wildman–Crippen MR) is 60.7 cm³/mol. The topological polar surface area (TPSA) is 66.0 Å². The maximum Gasteiger partial charge on any atom is 0.146 e. The molecule has 2 N–H and O–H groups in total. The summed E-state index contributed by atoms with van der Waals surface area (Å²) >= 11 is 0. The van der Waals surface area contributed by atoms with E-state index in [0.717, 1.165) is 23.4 Å². The molecule has 2 rings (SSSR count). The van der Waals surface area contributed by atoms with Gasteiger partial charge in [-0.05, 0) is 30.7 Å². The van der Waals surface area contributed by atoms with Gasteiger partial charge >= 0.3 is 0 Å². The van der Waals surface area contributed by atoms with Crippen molar-refractivity contribution in [2.75, 3.05) is 13.7 Å². The minimum Gasteiger partial charge on any atom is -0.494 e. The molecular weight excluding hydrogens is 204 g/mol. The first-order valence-electron chi connectivity index (χ1n) is 5.09. The highest BCUT2D eigenvalue weighted by atomic mass is 16.5. The molecular formula is C11H14N4O. The molecule has 0 aliphatic rings. The summed E-state index contributed by atoms with van der Waals surface area (Å²) in [5.74, 6) is 0.752. The van der Waals surface area contributed by atoms with Crippen molar-refractivity contribution >= 4 is 0 Å². The highest BCUT2D eigenvalue weighted by Gasteiger charge is 2.07. The van der Waals surface area contributed by atoms with E-state index in [-0.39, 0.29) is 0 Å². The summed E-state index contributed by atoms with van der Waals surface area (Å²) in [4.78, 5) is 1.53. The Balaban J connectivity index is 2.39. The Bertz CT molecular complexity index is 453. The minimum absolute atomic E-state index is 0.628. The van der Waals surface area contributed by atoms with Gasteiger partial charge in [-0.2, -0.15) is 10.2 Å². The molecule has 0 atom stereocenters. The molecule has 0 saturated heterocycles. The number of ether oxygens (including phenoxy) is 1. The average molecular weight is 218 g/mol. The minimum atomic E-state index is 0.628. The Morgan fingerprint density at radius 1 is 1.31 bits per heavy atom. The lowest BCUT2D eigenvalue weighted by molar-refractivity contribution is 0.409. The zero-order chi connectivity index (χ0) is 11.4. The number of nitrogens with zero attached hydrogens (tertiary/aromatic N) is 3. The van der Waals surface area contributed by atoms with Crippen LogP contribution in [0.1, 0.15) is 5.56 Å². The lowest BCUT2D eigenvalue weighted by Gasteiger charge is -2.09. The van der Waals surface area contributed by atoms with E-state index < -0.39 is 0 Å². The first-order valence-corrected chi connectivity index (χ1v) is 5.09. The molecule has 16 heavy (non-hydrogen) atoms. The van der Waals surface area contributed by atoms with Crippen molar-refractivity contribution < 1.29 is 4.74 Å². The van der Waals surface area contributed by atoms with Gasteiger partial charge in [-0.3, -0.25) is 0 Å². The van der Waals surface area contributed by atoms with E-state index in [9.17, 15) is 0 Å². The maximum absolute atomic E-state index is 5.51. The van der Waals surface area contributed by atoms with Crippen LogP contribution in [0.2, 0.25) is 0 Å². The van der Waals surface area contributed by atoms with Gasteiger partial charge in [0.2, 0.25) is 0 Å². The number of rotatable bonds is 4. The predicted octanol–water partition coefficient (Wildman–Crippen LogP) is 0.777. The molecule has 1 aromatic heterocycles. The van der Waals surface area contributed by atoms with Crippen molar-refractivity contribution in [1.29, 1.82) is 0 Å². The van der Waals surface area contributed by atoms with Gasteiger partial charge < -0.3 is 10.5 Å². The largest absolute Gasteiger partial charge is 0.494 e. The second kappa shape index (κ2) is 4.76. The molecule has 0 aliphatic carbocycles.